The number of amides is 1. The van der Waals surface area contributed by atoms with Crippen LogP contribution in [0.2, 0.25) is 0 Å². The summed E-state index contributed by atoms with van der Waals surface area (Å²) in [6.07, 6.45) is 4.62. The summed E-state index contributed by atoms with van der Waals surface area (Å²) in [7, 11) is 0. The molecule has 27 heavy (non-hydrogen) atoms. The lowest BCUT2D eigenvalue weighted by atomic mass is 10.0. The molecule has 1 aliphatic rings. The zero-order valence-corrected chi connectivity index (χ0v) is 14.9. The Bertz CT molecular complexity index is 907. The molecule has 3 unspecified atom stereocenters. The first kappa shape index (κ1) is 17.2. The lowest BCUT2D eigenvalue weighted by Crippen LogP contribution is -2.38. The van der Waals surface area contributed by atoms with Crippen molar-refractivity contribution in [3.8, 4) is 5.82 Å². The van der Waals surface area contributed by atoms with E-state index in [1.807, 2.05) is 32.0 Å². The highest BCUT2D eigenvalue weighted by atomic mass is 16.2. The number of rotatable bonds is 5. The van der Waals surface area contributed by atoms with Crippen molar-refractivity contribution in [3.05, 3.63) is 48.2 Å². The third kappa shape index (κ3) is 3.29. The van der Waals surface area contributed by atoms with Crippen LogP contribution in [0.4, 0.5) is 0 Å². The van der Waals surface area contributed by atoms with Gasteiger partial charge in [0.25, 0.3) is 0 Å². The topological polar surface area (TPSA) is 127 Å². The maximum Gasteiger partial charge on any atom is 0.228 e. The van der Waals surface area contributed by atoms with Crippen LogP contribution >= 0.6 is 0 Å². The maximum absolute atomic E-state index is 12.8. The summed E-state index contributed by atoms with van der Waals surface area (Å²) < 4.78 is 3.29. The molecule has 11 nitrogen and oxygen atoms in total. The second-order valence-electron chi connectivity index (χ2n) is 6.38. The zero-order valence-electron chi connectivity index (χ0n) is 14.9. The Morgan fingerprint density at radius 3 is 3.04 bits per heavy atom. The Morgan fingerprint density at radius 1 is 1.41 bits per heavy atom. The van der Waals surface area contributed by atoms with E-state index in [2.05, 4.69) is 41.8 Å². The molecule has 4 rings (SSSR count). The summed E-state index contributed by atoms with van der Waals surface area (Å²) in [6.45, 7) is 4.38. The fraction of sp³-hybridized carbons (Fsp3) is 0.375. The molecule has 1 saturated heterocycles. The van der Waals surface area contributed by atoms with Crippen molar-refractivity contribution in [3.63, 3.8) is 0 Å². The van der Waals surface area contributed by atoms with Gasteiger partial charge >= 0.3 is 0 Å². The molecule has 1 aliphatic heterocycles. The van der Waals surface area contributed by atoms with Gasteiger partial charge < -0.3 is 5.32 Å². The number of hydrogen-bond donors (Lipinski definition) is 3. The third-order valence-electron chi connectivity index (χ3n) is 4.68. The number of nitrogens with zero attached hydrogens (tertiary/aromatic N) is 7. The van der Waals surface area contributed by atoms with Crippen LogP contribution in [0, 0.1) is 12.8 Å². The van der Waals surface area contributed by atoms with E-state index in [9.17, 15) is 4.79 Å². The van der Waals surface area contributed by atoms with Crippen LogP contribution in [0.5, 0.6) is 0 Å². The largest absolute Gasteiger partial charge is 0.349 e. The molecule has 4 heterocycles. The molecule has 11 heteroatoms. The van der Waals surface area contributed by atoms with Gasteiger partial charge in [-0.15, -0.1) is 5.10 Å². The molecule has 0 spiro atoms. The van der Waals surface area contributed by atoms with Gasteiger partial charge in [0.2, 0.25) is 5.91 Å². The monoisotopic (exact) mass is 368 g/mol. The highest BCUT2D eigenvalue weighted by Gasteiger charge is 2.35. The molecule has 0 aliphatic carbocycles. The van der Waals surface area contributed by atoms with Crippen molar-refractivity contribution in [2.75, 3.05) is 6.54 Å². The standard InChI is InChI=1S/C16H20N10O/c1-10(12-8-20-26(11(12)2)14-5-3-4-6-17-14)21-16(27)13-7-18-22-15(13)25-9-19-23-24-25/h3-6,8-10,13,15,18,22H,7H2,1-2H3,(H,21,27). The van der Waals surface area contributed by atoms with Crippen LogP contribution in [0.15, 0.2) is 36.9 Å². The summed E-state index contributed by atoms with van der Waals surface area (Å²) in [4.78, 5) is 17.1. The number of pyridine rings is 1. The number of tetrazole rings is 1. The molecule has 0 aromatic carbocycles. The van der Waals surface area contributed by atoms with Gasteiger partial charge in [-0.1, -0.05) is 6.07 Å². The summed E-state index contributed by atoms with van der Waals surface area (Å²) in [5, 5.41) is 18.6. The van der Waals surface area contributed by atoms with E-state index in [0.717, 1.165) is 17.1 Å². The van der Waals surface area contributed by atoms with Crippen molar-refractivity contribution in [1.29, 1.82) is 0 Å². The summed E-state index contributed by atoms with van der Waals surface area (Å²) in [5.74, 6) is 0.301. The van der Waals surface area contributed by atoms with E-state index in [-0.39, 0.29) is 24.0 Å². The molecule has 140 valence electrons. The third-order valence-corrected chi connectivity index (χ3v) is 4.68. The smallest absolute Gasteiger partial charge is 0.228 e. The normalized spacial score (nSPS) is 20.5. The average molecular weight is 368 g/mol. The molecule has 0 radical (unpaired) electrons. The molecule has 1 amide bonds. The molecular weight excluding hydrogens is 348 g/mol. The minimum Gasteiger partial charge on any atom is -0.349 e. The SMILES string of the molecule is Cc1c(C(C)NC(=O)C2CNNC2n2cnnn2)cnn1-c1ccccn1. The lowest BCUT2D eigenvalue weighted by molar-refractivity contribution is -0.126. The minimum atomic E-state index is -0.345. The second kappa shape index (κ2) is 7.21. The molecule has 1 fully saturated rings. The molecule has 0 bridgehead atoms. The summed E-state index contributed by atoms with van der Waals surface area (Å²) >= 11 is 0. The number of aromatic nitrogens is 7. The van der Waals surface area contributed by atoms with Crippen molar-refractivity contribution in [1.82, 2.24) is 51.1 Å². The molecule has 3 aromatic heterocycles. The Balaban J connectivity index is 1.48. The van der Waals surface area contributed by atoms with Crippen molar-refractivity contribution in [2.45, 2.75) is 26.1 Å². The Kier molecular flexibility index (Phi) is 4.60. The van der Waals surface area contributed by atoms with E-state index >= 15 is 0 Å². The highest BCUT2D eigenvalue weighted by molar-refractivity contribution is 5.80. The molecule has 3 atom stereocenters. The quantitative estimate of drug-likeness (QED) is 0.558. The van der Waals surface area contributed by atoms with Gasteiger partial charge in [0.15, 0.2) is 5.82 Å². The Labute approximate surface area is 155 Å². The van der Waals surface area contributed by atoms with Crippen LogP contribution in [-0.2, 0) is 4.79 Å². The number of hydrazine groups is 1. The zero-order chi connectivity index (χ0) is 18.8. The van der Waals surface area contributed by atoms with Gasteiger partial charge in [-0.25, -0.2) is 19.8 Å². The Morgan fingerprint density at radius 2 is 2.30 bits per heavy atom. The first-order valence-electron chi connectivity index (χ1n) is 8.62. The van der Waals surface area contributed by atoms with E-state index in [4.69, 9.17) is 0 Å². The molecule has 3 N–H and O–H groups in total. The van der Waals surface area contributed by atoms with Crippen LogP contribution in [0.1, 0.15) is 30.4 Å². The first-order valence-corrected chi connectivity index (χ1v) is 8.62. The van der Waals surface area contributed by atoms with Crippen LogP contribution in [0.25, 0.3) is 5.82 Å². The van der Waals surface area contributed by atoms with Crippen LogP contribution in [0.3, 0.4) is 0 Å². The van der Waals surface area contributed by atoms with Gasteiger partial charge in [0.1, 0.15) is 12.5 Å². The van der Waals surface area contributed by atoms with Gasteiger partial charge in [-0.3, -0.25) is 10.2 Å². The van der Waals surface area contributed by atoms with Gasteiger partial charge in [0.05, 0.1) is 18.2 Å². The van der Waals surface area contributed by atoms with Gasteiger partial charge in [-0.2, -0.15) is 5.10 Å². The lowest BCUT2D eigenvalue weighted by Gasteiger charge is -2.20. The van der Waals surface area contributed by atoms with Crippen LogP contribution < -0.4 is 16.2 Å². The Hall–Kier alpha value is -3.18. The highest BCUT2D eigenvalue weighted by Crippen LogP contribution is 2.22. The van der Waals surface area contributed by atoms with Gasteiger partial charge in [0, 0.05) is 24.0 Å². The summed E-state index contributed by atoms with van der Waals surface area (Å²) in [6, 6.07) is 5.45. The maximum atomic E-state index is 12.8. The second-order valence-corrected chi connectivity index (χ2v) is 6.38. The number of hydrogen-bond acceptors (Lipinski definition) is 8. The molecular formula is C16H20N10O. The van der Waals surface area contributed by atoms with E-state index in [1.54, 1.807) is 17.1 Å². The number of carbonyl (C=O) groups is 1. The number of nitrogens with one attached hydrogen (secondary N) is 3. The van der Waals surface area contributed by atoms with E-state index < -0.39 is 0 Å². The number of carbonyl (C=O) groups excluding carboxylic acids is 1. The van der Waals surface area contributed by atoms with Crippen molar-refractivity contribution in [2.24, 2.45) is 5.92 Å². The first-order chi connectivity index (χ1) is 13.1. The van der Waals surface area contributed by atoms with Crippen LogP contribution in [-0.4, -0.2) is 47.4 Å². The van der Waals surface area contributed by atoms with Crippen molar-refractivity contribution >= 4 is 5.91 Å². The average Bonchev–Trinajstić information content (AvgIpc) is 3.42. The fourth-order valence-electron chi connectivity index (χ4n) is 3.22. The molecule has 3 aromatic rings. The van der Waals surface area contributed by atoms with E-state index in [1.165, 1.54) is 11.0 Å². The fourth-order valence-corrected chi connectivity index (χ4v) is 3.22. The molecule has 0 saturated carbocycles. The predicted molar refractivity (Wildman–Crippen MR) is 94.1 cm³/mol. The minimum absolute atomic E-state index is 0.0921. The summed E-state index contributed by atoms with van der Waals surface area (Å²) in [5.41, 5.74) is 7.88. The predicted octanol–water partition coefficient (Wildman–Crippen LogP) is -0.338. The van der Waals surface area contributed by atoms with E-state index in [0.29, 0.717) is 6.54 Å². The van der Waals surface area contributed by atoms with Gasteiger partial charge in [-0.05, 0) is 36.4 Å². The van der Waals surface area contributed by atoms with Crippen molar-refractivity contribution < 1.29 is 4.79 Å².